The average Bonchev–Trinajstić information content (AvgIpc) is 3.41. The largest absolute Gasteiger partial charge is 0.493 e. The zero-order valence-corrected chi connectivity index (χ0v) is 19.9. The highest BCUT2D eigenvalue weighted by Gasteiger charge is 2.33. The molecule has 1 unspecified atom stereocenters. The molecular weight excluding hydrogens is 450 g/mol. The molecular formula is C26H31N3O6. The lowest BCUT2D eigenvalue weighted by atomic mass is 10.2. The van der Waals surface area contributed by atoms with Gasteiger partial charge in [-0.1, -0.05) is 12.1 Å². The van der Waals surface area contributed by atoms with Crippen LogP contribution < -0.4 is 24.3 Å². The zero-order chi connectivity index (χ0) is 24.2. The number of benzene rings is 2. The molecule has 2 heterocycles. The van der Waals surface area contributed by atoms with Crippen LogP contribution >= 0.6 is 0 Å². The van der Waals surface area contributed by atoms with Crippen molar-refractivity contribution in [1.82, 2.24) is 9.80 Å². The molecule has 186 valence electrons. The van der Waals surface area contributed by atoms with Gasteiger partial charge in [-0.15, -0.1) is 0 Å². The quantitative estimate of drug-likeness (QED) is 0.703. The van der Waals surface area contributed by atoms with Gasteiger partial charge in [-0.25, -0.2) is 4.79 Å². The SMILES string of the molecule is COc1ccc(NC(=O)N2CCN(C(=O)C3COc4ccccc4O3)CC2)cc1OC1CCCC1. The lowest BCUT2D eigenvalue weighted by Gasteiger charge is -2.37. The van der Waals surface area contributed by atoms with Crippen LogP contribution in [0.1, 0.15) is 25.7 Å². The fourth-order valence-electron chi connectivity index (χ4n) is 4.71. The fourth-order valence-corrected chi connectivity index (χ4v) is 4.71. The van der Waals surface area contributed by atoms with Gasteiger partial charge in [-0.05, 0) is 49.9 Å². The number of para-hydroxylation sites is 2. The van der Waals surface area contributed by atoms with Gasteiger partial charge < -0.3 is 34.1 Å². The van der Waals surface area contributed by atoms with E-state index in [1.165, 1.54) is 12.8 Å². The summed E-state index contributed by atoms with van der Waals surface area (Å²) in [6, 6.07) is 12.5. The summed E-state index contributed by atoms with van der Waals surface area (Å²) in [6.07, 6.45) is 3.92. The minimum Gasteiger partial charge on any atom is -0.493 e. The van der Waals surface area contributed by atoms with Crippen molar-refractivity contribution in [3.63, 3.8) is 0 Å². The van der Waals surface area contributed by atoms with Gasteiger partial charge in [0.1, 0.15) is 6.61 Å². The summed E-state index contributed by atoms with van der Waals surface area (Å²) in [4.78, 5) is 29.3. The van der Waals surface area contributed by atoms with Gasteiger partial charge in [0.05, 0.1) is 13.2 Å². The Kier molecular flexibility index (Phi) is 6.83. The molecule has 0 radical (unpaired) electrons. The predicted molar refractivity (Wildman–Crippen MR) is 129 cm³/mol. The minimum atomic E-state index is -0.678. The molecule has 2 aliphatic heterocycles. The number of ether oxygens (including phenoxy) is 4. The monoisotopic (exact) mass is 481 g/mol. The van der Waals surface area contributed by atoms with E-state index in [1.54, 1.807) is 35.1 Å². The number of hydrogen-bond donors (Lipinski definition) is 1. The Morgan fingerprint density at radius 3 is 2.40 bits per heavy atom. The molecule has 1 N–H and O–H groups in total. The van der Waals surface area contributed by atoms with Crippen molar-refractivity contribution in [2.45, 2.75) is 37.9 Å². The first-order valence-corrected chi connectivity index (χ1v) is 12.2. The van der Waals surface area contributed by atoms with Gasteiger partial charge in [-0.2, -0.15) is 0 Å². The van der Waals surface area contributed by atoms with Gasteiger partial charge in [0.2, 0.25) is 6.10 Å². The smallest absolute Gasteiger partial charge is 0.321 e. The topological polar surface area (TPSA) is 89.6 Å². The van der Waals surface area contributed by atoms with Gasteiger partial charge in [0, 0.05) is 37.9 Å². The number of amides is 3. The van der Waals surface area contributed by atoms with E-state index >= 15 is 0 Å². The molecule has 0 aromatic heterocycles. The molecule has 1 atom stereocenters. The second kappa shape index (κ2) is 10.3. The number of hydrogen-bond acceptors (Lipinski definition) is 6. The molecule has 1 aliphatic carbocycles. The minimum absolute atomic E-state index is 0.122. The van der Waals surface area contributed by atoms with Crippen molar-refractivity contribution in [3.8, 4) is 23.0 Å². The van der Waals surface area contributed by atoms with Crippen LogP contribution in [0.15, 0.2) is 42.5 Å². The van der Waals surface area contributed by atoms with Gasteiger partial charge >= 0.3 is 6.03 Å². The zero-order valence-electron chi connectivity index (χ0n) is 19.9. The second-order valence-electron chi connectivity index (χ2n) is 9.00. The maximum absolute atomic E-state index is 12.9. The molecule has 9 nitrogen and oxygen atoms in total. The second-order valence-corrected chi connectivity index (χ2v) is 9.00. The average molecular weight is 482 g/mol. The summed E-state index contributed by atoms with van der Waals surface area (Å²) in [6.45, 7) is 1.92. The number of rotatable bonds is 5. The molecule has 2 aromatic rings. The number of carbonyl (C=O) groups is 2. The van der Waals surface area contributed by atoms with E-state index in [-0.39, 0.29) is 24.6 Å². The highest BCUT2D eigenvalue weighted by Crippen LogP contribution is 2.34. The summed E-state index contributed by atoms with van der Waals surface area (Å²) in [7, 11) is 1.61. The fraction of sp³-hybridized carbons (Fsp3) is 0.462. The number of piperazine rings is 1. The standard InChI is InChI=1S/C26H31N3O6/c1-32-20-11-10-18(16-23(20)34-19-6-2-3-7-19)27-26(31)29-14-12-28(13-15-29)25(30)24-17-33-21-8-4-5-9-22(21)35-24/h4-5,8-11,16,19,24H,2-3,6-7,12-15,17H2,1H3,(H,27,31). The van der Waals surface area contributed by atoms with Crippen LogP contribution in [0.5, 0.6) is 23.0 Å². The maximum Gasteiger partial charge on any atom is 0.321 e. The van der Waals surface area contributed by atoms with E-state index in [1.807, 2.05) is 24.3 Å². The van der Waals surface area contributed by atoms with Crippen molar-refractivity contribution in [2.75, 3.05) is 45.2 Å². The Hall–Kier alpha value is -3.62. The van der Waals surface area contributed by atoms with Crippen LogP contribution in [0.2, 0.25) is 0 Å². The van der Waals surface area contributed by atoms with Crippen molar-refractivity contribution < 1.29 is 28.5 Å². The van der Waals surface area contributed by atoms with Crippen molar-refractivity contribution in [2.24, 2.45) is 0 Å². The molecule has 5 rings (SSSR count). The van der Waals surface area contributed by atoms with E-state index in [4.69, 9.17) is 18.9 Å². The van der Waals surface area contributed by atoms with Crippen LogP contribution in [0.25, 0.3) is 0 Å². The van der Waals surface area contributed by atoms with Gasteiger partial charge in [0.25, 0.3) is 5.91 Å². The van der Waals surface area contributed by atoms with Crippen LogP contribution in [0.4, 0.5) is 10.5 Å². The van der Waals surface area contributed by atoms with Gasteiger partial charge in [0.15, 0.2) is 23.0 Å². The number of urea groups is 1. The van der Waals surface area contributed by atoms with Crippen molar-refractivity contribution in [3.05, 3.63) is 42.5 Å². The summed E-state index contributed by atoms with van der Waals surface area (Å²) >= 11 is 0. The van der Waals surface area contributed by atoms with E-state index in [9.17, 15) is 9.59 Å². The normalized spacial score (nSPS) is 19.9. The number of methoxy groups -OCH3 is 1. The molecule has 0 bridgehead atoms. The molecule has 35 heavy (non-hydrogen) atoms. The molecule has 1 saturated carbocycles. The first-order chi connectivity index (χ1) is 17.1. The van der Waals surface area contributed by atoms with Crippen molar-refractivity contribution >= 4 is 17.6 Å². The molecule has 3 amide bonds. The molecule has 0 spiro atoms. The predicted octanol–water partition coefficient (Wildman–Crippen LogP) is 3.53. The highest BCUT2D eigenvalue weighted by atomic mass is 16.6. The van der Waals surface area contributed by atoms with E-state index in [0.717, 1.165) is 12.8 Å². The summed E-state index contributed by atoms with van der Waals surface area (Å²) in [5.41, 5.74) is 0.647. The first kappa shape index (κ1) is 23.1. The number of carbonyl (C=O) groups excluding carboxylic acids is 2. The van der Waals surface area contributed by atoms with Gasteiger partial charge in [-0.3, -0.25) is 4.79 Å². The summed E-state index contributed by atoms with van der Waals surface area (Å²) < 4.78 is 23.1. The van der Waals surface area contributed by atoms with E-state index in [2.05, 4.69) is 5.32 Å². The summed E-state index contributed by atoms with van der Waals surface area (Å²) in [5, 5.41) is 2.95. The van der Waals surface area contributed by atoms with Crippen LogP contribution in [0.3, 0.4) is 0 Å². The third kappa shape index (κ3) is 5.23. The Labute approximate surface area is 204 Å². The lowest BCUT2D eigenvalue weighted by molar-refractivity contribution is -0.142. The summed E-state index contributed by atoms with van der Waals surface area (Å²) in [5.74, 6) is 2.39. The van der Waals surface area contributed by atoms with E-state index < -0.39 is 6.10 Å². The number of anilines is 1. The first-order valence-electron chi connectivity index (χ1n) is 12.2. The molecule has 9 heteroatoms. The number of fused-ring (bicyclic) bond motifs is 1. The lowest BCUT2D eigenvalue weighted by Crippen LogP contribution is -2.55. The third-order valence-electron chi connectivity index (χ3n) is 6.67. The Morgan fingerprint density at radius 2 is 1.66 bits per heavy atom. The molecule has 1 saturated heterocycles. The van der Waals surface area contributed by atoms with Crippen LogP contribution in [0, 0.1) is 0 Å². The Bertz CT molecular complexity index is 1060. The van der Waals surface area contributed by atoms with Crippen LogP contribution in [-0.4, -0.2) is 73.8 Å². The molecule has 2 fully saturated rings. The highest BCUT2D eigenvalue weighted by molar-refractivity contribution is 5.90. The molecule has 3 aliphatic rings. The molecule has 2 aromatic carbocycles. The Morgan fingerprint density at radius 1 is 0.943 bits per heavy atom. The number of nitrogens with one attached hydrogen (secondary N) is 1. The Balaban J connectivity index is 1.14. The maximum atomic E-state index is 12.9. The van der Waals surface area contributed by atoms with E-state index in [0.29, 0.717) is 54.9 Å². The third-order valence-corrected chi connectivity index (χ3v) is 6.67. The number of nitrogens with zero attached hydrogens (tertiary/aromatic N) is 2. The van der Waals surface area contributed by atoms with Crippen molar-refractivity contribution in [1.29, 1.82) is 0 Å². The van der Waals surface area contributed by atoms with Crippen LogP contribution in [-0.2, 0) is 4.79 Å².